The molecule has 8 heteroatoms. The standard InChI is InChI=1S/C19H16N2O5S/c22-19(20-23)14-11-12-17(18(13-14)26-15-7-3-1-4-8-15)21-27(24,25)16-9-5-2-6-10-16/h1-13,21,23H,(H,20,22). The Labute approximate surface area is 156 Å². The maximum atomic E-state index is 12.6. The van der Waals surface area contributed by atoms with Crippen molar-refractivity contribution in [3.05, 3.63) is 84.4 Å². The van der Waals surface area contributed by atoms with E-state index in [1.165, 1.54) is 35.8 Å². The third-order valence-electron chi connectivity index (χ3n) is 3.61. The molecule has 1 amide bonds. The number of para-hydroxylation sites is 1. The summed E-state index contributed by atoms with van der Waals surface area (Å²) in [6.07, 6.45) is 0. The second-order valence-electron chi connectivity index (χ2n) is 5.49. The van der Waals surface area contributed by atoms with Gasteiger partial charge in [0.1, 0.15) is 5.75 Å². The summed E-state index contributed by atoms with van der Waals surface area (Å²) in [5, 5.41) is 8.82. The second-order valence-corrected chi connectivity index (χ2v) is 7.17. The molecule has 0 aromatic heterocycles. The van der Waals surface area contributed by atoms with Gasteiger partial charge in [-0.2, -0.15) is 0 Å². The number of sulfonamides is 1. The molecule has 0 aliphatic heterocycles. The minimum Gasteiger partial charge on any atom is -0.455 e. The molecule has 0 aliphatic rings. The summed E-state index contributed by atoms with van der Waals surface area (Å²) < 4.78 is 33.4. The van der Waals surface area contributed by atoms with Crippen LogP contribution in [0.3, 0.4) is 0 Å². The number of benzene rings is 3. The Hall–Kier alpha value is -3.36. The molecular formula is C19H16N2O5S. The number of nitrogens with one attached hydrogen (secondary N) is 2. The predicted molar refractivity (Wildman–Crippen MR) is 99.5 cm³/mol. The third kappa shape index (κ3) is 4.43. The lowest BCUT2D eigenvalue weighted by Crippen LogP contribution is -2.19. The Bertz CT molecular complexity index is 1040. The number of amides is 1. The van der Waals surface area contributed by atoms with Gasteiger partial charge in [-0.05, 0) is 42.5 Å². The highest BCUT2D eigenvalue weighted by atomic mass is 32.2. The minimum absolute atomic E-state index is 0.0906. The van der Waals surface area contributed by atoms with Crippen LogP contribution in [-0.4, -0.2) is 19.5 Å². The lowest BCUT2D eigenvalue weighted by molar-refractivity contribution is 0.0706. The highest BCUT2D eigenvalue weighted by molar-refractivity contribution is 7.92. The zero-order valence-electron chi connectivity index (χ0n) is 14.0. The van der Waals surface area contributed by atoms with Gasteiger partial charge in [0.25, 0.3) is 15.9 Å². The molecule has 138 valence electrons. The maximum absolute atomic E-state index is 12.6. The first-order valence-corrected chi connectivity index (χ1v) is 9.37. The molecule has 0 atom stereocenters. The number of carbonyl (C=O) groups is 1. The van der Waals surface area contributed by atoms with Crippen molar-refractivity contribution in [3.8, 4) is 11.5 Å². The number of carbonyl (C=O) groups excluding carboxylic acids is 1. The monoisotopic (exact) mass is 384 g/mol. The van der Waals surface area contributed by atoms with E-state index < -0.39 is 15.9 Å². The van der Waals surface area contributed by atoms with Crippen molar-refractivity contribution in [2.75, 3.05) is 4.72 Å². The van der Waals surface area contributed by atoms with E-state index in [2.05, 4.69) is 4.72 Å². The number of hydrogen-bond donors (Lipinski definition) is 3. The fraction of sp³-hybridized carbons (Fsp3) is 0. The van der Waals surface area contributed by atoms with Crippen molar-refractivity contribution in [2.24, 2.45) is 0 Å². The van der Waals surface area contributed by atoms with Gasteiger partial charge in [0.15, 0.2) is 5.75 Å². The number of rotatable bonds is 6. The van der Waals surface area contributed by atoms with Crippen molar-refractivity contribution in [1.29, 1.82) is 0 Å². The van der Waals surface area contributed by atoms with Gasteiger partial charge in [0.05, 0.1) is 10.6 Å². The molecule has 0 saturated heterocycles. The Morgan fingerprint density at radius 3 is 2.15 bits per heavy atom. The first-order valence-electron chi connectivity index (χ1n) is 7.89. The van der Waals surface area contributed by atoms with Crippen LogP contribution in [0.4, 0.5) is 5.69 Å². The summed E-state index contributed by atoms with van der Waals surface area (Å²) in [5.41, 5.74) is 1.79. The maximum Gasteiger partial charge on any atom is 0.274 e. The second kappa shape index (κ2) is 7.90. The quantitative estimate of drug-likeness (QED) is 0.446. The molecule has 0 radical (unpaired) electrons. The van der Waals surface area contributed by atoms with Gasteiger partial charge in [-0.15, -0.1) is 0 Å². The van der Waals surface area contributed by atoms with E-state index in [1.807, 2.05) is 6.07 Å². The first kappa shape index (κ1) is 18.4. The average Bonchev–Trinajstić information content (AvgIpc) is 2.70. The summed E-state index contributed by atoms with van der Waals surface area (Å²) in [6, 6.07) is 20.7. The molecule has 0 heterocycles. The SMILES string of the molecule is O=C(NO)c1ccc(NS(=O)(=O)c2ccccc2)c(Oc2ccccc2)c1. The van der Waals surface area contributed by atoms with Crippen molar-refractivity contribution < 1.29 is 23.2 Å². The Morgan fingerprint density at radius 2 is 1.52 bits per heavy atom. The smallest absolute Gasteiger partial charge is 0.274 e. The van der Waals surface area contributed by atoms with Crippen molar-refractivity contribution >= 4 is 21.6 Å². The topological polar surface area (TPSA) is 105 Å². The van der Waals surface area contributed by atoms with E-state index in [9.17, 15) is 13.2 Å². The Morgan fingerprint density at radius 1 is 0.889 bits per heavy atom. The fourth-order valence-electron chi connectivity index (χ4n) is 2.32. The van der Waals surface area contributed by atoms with Crippen LogP contribution in [0.5, 0.6) is 11.5 Å². The molecule has 0 fully saturated rings. The van der Waals surface area contributed by atoms with E-state index in [0.717, 1.165) is 0 Å². The lowest BCUT2D eigenvalue weighted by atomic mass is 10.2. The molecule has 7 nitrogen and oxygen atoms in total. The number of ether oxygens (including phenoxy) is 1. The van der Waals surface area contributed by atoms with Gasteiger partial charge in [0.2, 0.25) is 0 Å². The van der Waals surface area contributed by atoms with E-state index in [-0.39, 0.29) is 21.9 Å². The van der Waals surface area contributed by atoms with Crippen LogP contribution < -0.4 is 14.9 Å². The van der Waals surface area contributed by atoms with Gasteiger partial charge >= 0.3 is 0 Å². The predicted octanol–water partition coefficient (Wildman–Crippen LogP) is 3.40. The van der Waals surface area contributed by atoms with Gasteiger partial charge < -0.3 is 4.74 Å². The van der Waals surface area contributed by atoms with Crippen LogP contribution in [0, 0.1) is 0 Å². The Kier molecular flexibility index (Phi) is 5.39. The zero-order chi connectivity index (χ0) is 19.3. The fourth-order valence-corrected chi connectivity index (χ4v) is 3.41. The van der Waals surface area contributed by atoms with Crippen LogP contribution >= 0.6 is 0 Å². The molecule has 0 aliphatic carbocycles. The number of hydroxylamine groups is 1. The minimum atomic E-state index is -3.85. The molecule has 0 unspecified atom stereocenters. The van der Waals surface area contributed by atoms with Crippen LogP contribution in [0.15, 0.2) is 83.8 Å². The largest absolute Gasteiger partial charge is 0.455 e. The van der Waals surface area contributed by atoms with Crippen LogP contribution in [-0.2, 0) is 10.0 Å². The molecule has 3 N–H and O–H groups in total. The van der Waals surface area contributed by atoms with Crippen molar-refractivity contribution in [3.63, 3.8) is 0 Å². The van der Waals surface area contributed by atoms with Crippen LogP contribution in [0.2, 0.25) is 0 Å². The van der Waals surface area contributed by atoms with Crippen molar-refractivity contribution in [2.45, 2.75) is 4.90 Å². The Balaban J connectivity index is 1.99. The zero-order valence-corrected chi connectivity index (χ0v) is 14.8. The number of hydrogen-bond acceptors (Lipinski definition) is 5. The molecule has 3 rings (SSSR count). The molecule has 3 aromatic carbocycles. The summed E-state index contributed by atoms with van der Waals surface area (Å²) in [6.45, 7) is 0. The van der Waals surface area contributed by atoms with Gasteiger partial charge in [-0.1, -0.05) is 36.4 Å². The molecular weight excluding hydrogens is 368 g/mol. The summed E-state index contributed by atoms with van der Waals surface area (Å²) in [5.74, 6) is -0.175. The van der Waals surface area contributed by atoms with Gasteiger partial charge in [-0.3, -0.25) is 14.7 Å². The highest BCUT2D eigenvalue weighted by Crippen LogP contribution is 2.32. The lowest BCUT2D eigenvalue weighted by Gasteiger charge is -2.14. The van der Waals surface area contributed by atoms with E-state index in [0.29, 0.717) is 5.75 Å². The van der Waals surface area contributed by atoms with Gasteiger partial charge in [0, 0.05) is 5.56 Å². The molecule has 0 bridgehead atoms. The van der Waals surface area contributed by atoms with Crippen LogP contribution in [0.25, 0.3) is 0 Å². The van der Waals surface area contributed by atoms with E-state index in [4.69, 9.17) is 9.94 Å². The van der Waals surface area contributed by atoms with E-state index >= 15 is 0 Å². The average molecular weight is 384 g/mol. The molecule has 3 aromatic rings. The summed E-state index contributed by atoms with van der Waals surface area (Å²) in [7, 11) is -3.85. The van der Waals surface area contributed by atoms with Crippen LogP contribution in [0.1, 0.15) is 10.4 Å². The molecule has 0 saturated carbocycles. The summed E-state index contributed by atoms with van der Waals surface area (Å²) in [4.78, 5) is 11.8. The van der Waals surface area contributed by atoms with Gasteiger partial charge in [-0.25, -0.2) is 13.9 Å². The van der Waals surface area contributed by atoms with E-state index in [1.54, 1.807) is 42.5 Å². The van der Waals surface area contributed by atoms with Crippen molar-refractivity contribution in [1.82, 2.24) is 5.48 Å². The first-order chi connectivity index (χ1) is 13.0. The molecule has 27 heavy (non-hydrogen) atoms. The third-order valence-corrected chi connectivity index (χ3v) is 5.00. The highest BCUT2D eigenvalue weighted by Gasteiger charge is 2.18. The number of anilines is 1. The summed E-state index contributed by atoms with van der Waals surface area (Å²) >= 11 is 0. The normalized spacial score (nSPS) is 10.9. The molecule has 0 spiro atoms.